The number of ether oxygens (including phenoxy) is 1. The summed E-state index contributed by atoms with van der Waals surface area (Å²) in [5.41, 5.74) is 6.59. The van der Waals surface area contributed by atoms with Crippen LogP contribution in [0.5, 0.6) is 0 Å². The second-order valence-corrected chi connectivity index (χ2v) is 7.22. The molecule has 0 bridgehead atoms. The molecule has 146 valence electrons. The van der Waals surface area contributed by atoms with Gasteiger partial charge in [-0.3, -0.25) is 9.48 Å². The molecule has 6 nitrogen and oxygen atoms in total. The van der Waals surface area contributed by atoms with Crippen molar-refractivity contribution in [1.82, 2.24) is 19.6 Å². The van der Waals surface area contributed by atoms with Crippen LogP contribution in [-0.2, 0) is 42.4 Å². The van der Waals surface area contributed by atoms with Gasteiger partial charge in [-0.05, 0) is 57.4 Å². The molecule has 0 atom stereocenters. The number of carbonyl (C=O) groups excluding carboxylic acids is 1. The van der Waals surface area contributed by atoms with Gasteiger partial charge in [-0.15, -0.1) is 0 Å². The Labute approximate surface area is 162 Å². The summed E-state index contributed by atoms with van der Waals surface area (Å²) in [6.07, 6.45) is 3.09. The zero-order valence-corrected chi connectivity index (χ0v) is 16.3. The van der Waals surface area contributed by atoms with Crippen molar-refractivity contribution in [3.8, 4) is 5.69 Å². The molecule has 4 rings (SSSR count). The van der Waals surface area contributed by atoms with Crippen molar-refractivity contribution in [3.05, 3.63) is 64.0 Å². The first-order valence-corrected chi connectivity index (χ1v) is 9.44. The van der Waals surface area contributed by atoms with E-state index in [1.54, 1.807) is 16.8 Å². The van der Waals surface area contributed by atoms with Crippen molar-refractivity contribution in [3.63, 3.8) is 0 Å². The fourth-order valence-electron chi connectivity index (χ4n) is 3.84. The van der Waals surface area contributed by atoms with Crippen LogP contribution in [0.25, 0.3) is 5.69 Å². The zero-order chi connectivity index (χ0) is 19.8. The Morgan fingerprint density at radius 3 is 2.61 bits per heavy atom. The summed E-state index contributed by atoms with van der Waals surface area (Å²) in [4.78, 5) is 12.4. The average molecular weight is 382 g/mol. The van der Waals surface area contributed by atoms with Gasteiger partial charge in [0.1, 0.15) is 18.1 Å². The van der Waals surface area contributed by atoms with Gasteiger partial charge >= 0.3 is 5.97 Å². The minimum absolute atomic E-state index is 0.147. The molecular weight excluding hydrogens is 359 g/mol. The lowest BCUT2D eigenvalue weighted by atomic mass is 10.1. The highest BCUT2D eigenvalue weighted by atomic mass is 19.1. The Balaban J connectivity index is 1.50. The van der Waals surface area contributed by atoms with Crippen molar-refractivity contribution in [1.29, 1.82) is 0 Å². The maximum atomic E-state index is 13.2. The molecule has 1 aromatic carbocycles. The van der Waals surface area contributed by atoms with Gasteiger partial charge in [0.25, 0.3) is 0 Å². The molecule has 7 heteroatoms. The Morgan fingerprint density at radius 2 is 1.93 bits per heavy atom. The normalized spacial score (nSPS) is 13.0. The molecule has 2 heterocycles. The fourth-order valence-corrected chi connectivity index (χ4v) is 3.84. The van der Waals surface area contributed by atoms with Gasteiger partial charge in [0.2, 0.25) is 0 Å². The highest BCUT2D eigenvalue weighted by molar-refractivity contribution is 5.73. The standard InChI is InChI=1S/C21H23FN4O2/c1-13-18(14(2)25(3)23-13)11-21(27)28-12-19-17-5-4-6-20(17)26(24-19)16-9-7-15(22)8-10-16/h7-10H,4-6,11-12H2,1-3H3. The summed E-state index contributed by atoms with van der Waals surface area (Å²) in [5.74, 6) is -0.565. The zero-order valence-electron chi connectivity index (χ0n) is 16.3. The number of rotatable bonds is 5. The summed E-state index contributed by atoms with van der Waals surface area (Å²) in [7, 11) is 1.86. The van der Waals surface area contributed by atoms with E-state index < -0.39 is 0 Å². The Morgan fingerprint density at radius 1 is 1.18 bits per heavy atom. The third-order valence-electron chi connectivity index (χ3n) is 5.43. The van der Waals surface area contributed by atoms with Gasteiger partial charge in [-0.1, -0.05) is 0 Å². The highest BCUT2D eigenvalue weighted by Gasteiger charge is 2.24. The third kappa shape index (κ3) is 3.32. The molecule has 0 fully saturated rings. The molecule has 0 saturated carbocycles. The lowest BCUT2D eigenvalue weighted by Crippen LogP contribution is -2.10. The second-order valence-electron chi connectivity index (χ2n) is 7.22. The van der Waals surface area contributed by atoms with Crippen LogP contribution in [0.2, 0.25) is 0 Å². The lowest BCUT2D eigenvalue weighted by molar-refractivity contribution is -0.144. The smallest absolute Gasteiger partial charge is 0.310 e. The molecule has 0 amide bonds. The molecule has 1 aliphatic rings. The van der Waals surface area contributed by atoms with Crippen LogP contribution < -0.4 is 0 Å². The molecule has 0 unspecified atom stereocenters. The molecule has 0 saturated heterocycles. The van der Waals surface area contributed by atoms with Crippen molar-refractivity contribution in [2.45, 2.75) is 46.1 Å². The van der Waals surface area contributed by atoms with E-state index in [2.05, 4.69) is 10.2 Å². The van der Waals surface area contributed by atoms with Crippen LogP contribution in [0.4, 0.5) is 4.39 Å². The summed E-state index contributed by atoms with van der Waals surface area (Å²) in [5, 5.41) is 8.99. The van der Waals surface area contributed by atoms with Crippen LogP contribution >= 0.6 is 0 Å². The van der Waals surface area contributed by atoms with Crippen LogP contribution in [-0.4, -0.2) is 25.5 Å². The Hall–Kier alpha value is -2.96. The molecule has 2 aromatic heterocycles. The highest BCUT2D eigenvalue weighted by Crippen LogP contribution is 2.28. The van der Waals surface area contributed by atoms with Gasteiger partial charge in [0.15, 0.2) is 0 Å². The lowest BCUT2D eigenvalue weighted by Gasteiger charge is -2.06. The predicted octanol–water partition coefficient (Wildman–Crippen LogP) is 3.14. The quantitative estimate of drug-likeness (QED) is 0.636. The molecule has 0 radical (unpaired) electrons. The predicted molar refractivity (Wildman–Crippen MR) is 102 cm³/mol. The maximum Gasteiger partial charge on any atom is 0.310 e. The molecule has 3 aromatic rings. The number of aromatic nitrogens is 4. The van der Waals surface area contributed by atoms with Crippen molar-refractivity contribution in [2.75, 3.05) is 0 Å². The van der Waals surface area contributed by atoms with E-state index in [-0.39, 0.29) is 24.8 Å². The number of hydrogen-bond acceptors (Lipinski definition) is 4. The number of hydrogen-bond donors (Lipinski definition) is 0. The number of nitrogens with zero attached hydrogens (tertiary/aromatic N) is 4. The Bertz CT molecular complexity index is 1030. The number of esters is 1. The minimum Gasteiger partial charge on any atom is -0.459 e. The first kappa shape index (κ1) is 18.4. The van der Waals surface area contributed by atoms with Crippen molar-refractivity contribution >= 4 is 5.97 Å². The number of aryl methyl sites for hydroxylation is 2. The first-order valence-electron chi connectivity index (χ1n) is 9.44. The molecule has 28 heavy (non-hydrogen) atoms. The first-order chi connectivity index (χ1) is 13.4. The van der Waals surface area contributed by atoms with E-state index in [0.717, 1.165) is 58.9 Å². The molecular formula is C21H23FN4O2. The van der Waals surface area contributed by atoms with Crippen molar-refractivity contribution < 1.29 is 13.9 Å². The number of halogens is 1. The van der Waals surface area contributed by atoms with Crippen LogP contribution in [0.3, 0.4) is 0 Å². The van der Waals surface area contributed by atoms with E-state index in [1.807, 2.05) is 25.6 Å². The van der Waals surface area contributed by atoms with Gasteiger partial charge in [-0.2, -0.15) is 10.2 Å². The van der Waals surface area contributed by atoms with E-state index in [0.29, 0.717) is 0 Å². The topological polar surface area (TPSA) is 61.9 Å². The number of carbonyl (C=O) groups is 1. The van der Waals surface area contributed by atoms with E-state index in [1.165, 1.54) is 12.1 Å². The van der Waals surface area contributed by atoms with Crippen LogP contribution in [0, 0.1) is 19.7 Å². The van der Waals surface area contributed by atoms with Gasteiger partial charge in [0, 0.05) is 29.6 Å². The molecule has 0 aliphatic heterocycles. The van der Waals surface area contributed by atoms with Crippen molar-refractivity contribution in [2.24, 2.45) is 7.05 Å². The third-order valence-corrected chi connectivity index (χ3v) is 5.43. The molecule has 0 spiro atoms. The monoisotopic (exact) mass is 382 g/mol. The van der Waals surface area contributed by atoms with Crippen LogP contribution in [0.15, 0.2) is 24.3 Å². The maximum absolute atomic E-state index is 13.2. The van der Waals surface area contributed by atoms with E-state index in [9.17, 15) is 9.18 Å². The summed E-state index contributed by atoms with van der Waals surface area (Å²) in [6.45, 7) is 3.99. The number of benzene rings is 1. The van der Waals surface area contributed by atoms with Gasteiger partial charge in [0.05, 0.1) is 17.8 Å². The molecule has 0 N–H and O–H groups in total. The summed E-state index contributed by atoms with van der Waals surface area (Å²) >= 11 is 0. The second kappa shape index (κ2) is 7.22. The SMILES string of the molecule is Cc1nn(C)c(C)c1CC(=O)OCc1nn(-c2ccc(F)cc2)c2c1CCC2. The summed E-state index contributed by atoms with van der Waals surface area (Å²) < 4.78 is 22.4. The fraction of sp³-hybridized carbons (Fsp3) is 0.381. The largest absolute Gasteiger partial charge is 0.459 e. The minimum atomic E-state index is -0.290. The average Bonchev–Trinajstić information content (AvgIpc) is 3.33. The van der Waals surface area contributed by atoms with Gasteiger partial charge < -0.3 is 4.74 Å². The Kier molecular flexibility index (Phi) is 4.75. The van der Waals surface area contributed by atoms with E-state index in [4.69, 9.17) is 4.74 Å². The van der Waals surface area contributed by atoms with E-state index >= 15 is 0 Å². The van der Waals surface area contributed by atoms with Crippen LogP contribution in [0.1, 0.15) is 40.3 Å². The van der Waals surface area contributed by atoms with Gasteiger partial charge in [-0.25, -0.2) is 9.07 Å². The number of fused-ring (bicyclic) bond motifs is 1. The summed E-state index contributed by atoms with van der Waals surface area (Å²) in [6, 6.07) is 6.28. The molecule has 1 aliphatic carbocycles.